The first-order valence-corrected chi connectivity index (χ1v) is 5.83. The Morgan fingerprint density at radius 1 is 0.905 bits per heavy atom. The average molecular weight is 309 g/mol. The SMILES string of the molecule is O=c1c(-c2ccc(O)cc2)coc2cc(O)cc(O)c12.[K+]. The second kappa shape index (κ2) is 6.21. The molecule has 3 N–H and O–H groups in total. The van der Waals surface area contributed by atoms with Crippen LogP contribution < -0.4 is 56.8 Å². The minimum atomic E-state index is -0.408. The van der Waals surface area contributed by atoms with Gasteiger partial charge in [0.1, 0.15) is 34.5 Å². The number of aromatic hydroxyl groups is 3. The molecule has 3 aromatic rings. The summed E-state index contributed by atoms with van der Waals surface area (Å²) >= 11 is 0. The van der Waals surface area contributed by atoms with Crippen LogP contribution in [0.4, 0.5) is 0 Å². The molecule has 0 radical (unpaired) electrons. The molecule has 0 unspecified atom stereocenters. The molecular formula is C15H10KO5+. The van der Waals surface area contributed by atoms with Gasteiger partial charge in [0.2, 0.25) is 5.43 Å². The summed E-state index contributed by atoms with van der Waals surface area (Å²) in [7, 11) is 0. The minimum Gasteiger partial charge on any atom is -0.508 e. The van der Waals surface area contributed by atoms with Crippen LogP contribution in [0.2, 0.25) is 0 Å². The van der Waals surface area contributed by atoms with E-state index in [1.165, 1.54) is 24.5 Å². The fraction of sp³-hybridized carbons (Fsp3) is 0. The van der Waals surface area contributed by atoms with Crippen molar-refractivity contribution in [1.82, 2.24) is 0 Å². The van der Waals surface area contributed by atoms with Crippen LogP contribution in [0.1, 0.15) is 0 Å². The predicted octanol–water partition coefficient (Wildman–Crippen LogP) is -0.419. The summed E-state index contributed by atoms with van der Waals surface area (Å²) in [6.07, 6.45) is 1.26. The van der Waals surface area contributed by atoms with Gasteiger partial charge in [-0.1, -0.05) is 12.1 Å². The summed E-state index contributed by atoms with van der Waals surface area (Å²) in [5.74, 6) is -0.434. The molecule has 0 bridgehead atoms. The molecule has 0 saturated heterocycles. The molecule has 100 valence electrons. The van der Waals surface area contributed by atoms with E-state index in [1.54, 1.807) is 12.1 Å². The molecule has 21 heavy (non-hydrogen) atoms. The first kappa shape index (κ1) is 16.1. The Kier molecular flexibility index (Phi) is 4.75. The van der Waals surface area contributed by atoms with Crippen LogP contribution >= 0.6 is 0 Å². The molecule has 5 nitrogen and oxygen atoms in total. The number of phenolic OH excluding ortho intramolecular Hbond substituents is 3. The van der Waals surface area contributed by atoms with E-state index in [0.717, 1.165) is 6.07 Å². The Balaban J connectivity index is 0.00000161. The molecule has 0 aliphatic carbocycles. The first-order chi connectivity index (χ1) is 9.56. The van der Waals surface area contributed by atoms with Crippen molar-refractivity contribution in [3.05, 3.63) is 52.9 Å². The fourth-order valence-corrected chi connectivity index (χ4v) is 2.06. The van der Waals surface area contributed by atoms with Gasteiger partial charge in [0, 0.05) is 12.1 Å². The van der Waals surface area contributed by atoms with E-state index >= 15 is 0 Å². The van der Waals surface area contributed by atoms with E-state index < -0.39 is 5.43 Å². The standard InChI is InChI=1S/C15H10O5.K/c16-9-3-1-8(2-4-9)11-7-20-13-6-10(17)5-12(18)14(13)15(11)19;/h1-7,16-18H;/q;+1. The van der Waals surface area contributed by atoms with Crippen LogP contribution in [-0.2, 0) is 0 Å². The molecule has 0 atom stereocenters. The molecule has 0 fully saturated rings. The van der Waals surface area contributed by atoms with E-state index in [2.05, 4.69) is 0 Å². The summed E-state index contributed by atoms with van der Waals surface area (Å²) in [6, 6.07) is 8.40. The van der Waals surface area contributed by atoms with Gasteiger partial charge < -0.3 is 19.7 Å². The van der Waals surface area contributed by atoms with Crippen molar-refractivity contribution in [1.29, 1.82) is 0 Å². The van der Waals surface area contributed by atoms with Crippen LogP contribution in [0, 0.1) is 0 Å². The maximum atomic E-state index is 12.4. The Morgan fingerprint density at radius 3 is 2.24 bits per heavy atom. The van der Waals surface area contributed by atoms with Gasteiger partial charge in [0.15, 0.2) is 0 Å². The van der Waals surface area contributed by atoms with Crippen molar-refractivity contribution < 1.29 is 71.1 Å². The van der Waals surface area contributed by atoms with Gasteiger partial charge >= 0.3 is 51.4 Å². The van der Waals surface area contributed by atoms with Gasteiger partial charge in [-0.05, 0) is 17.7 Å². The van der Waals surface area contributed by atoms with Crippen LogP contribution in [0.5, 0.6) is 17.2 Å². The van der Waals surface area contributed by atoms with Crippen LogP contribution in [0.15, 0.2) is 51.9 Å². The van der Waals surface area contributed by atoms with Crippen molar-refractivity contribution in [2.24, 2.45) is 0 Å². The second-order valence-corrected chi connectivity index (χ2v) is 4.36. The zero-order valence-corrected chi connectivity index (χ0v) is 14.3. The third-order valence-electron chi connectivity index (χ3n) is 3.02. The zero-order valence-electron chi connectivity index (χ0n) is 11.2. The van der Waals surface area contributed by atoms with Gasteiger partial charge in [-0.15, -0.1) is 0 Å². The van der Waals surface area contributed by atoms with Gasteiger partial charge in [-0.2, -0.15) is 0 Å². The quantitative estimate of drug-likeness (QED) is 0.531. The maximum absolute atomic E-state index is 12.4. The Morgan fingerprint density at radius 2 is 1.57 bits per heavy atom. The topological polar surface area (TPSA) is 90.9 Å². The Labute approximate surface area is 161 Å². The van der Waals surface area contributed by atoms with Gasteiger partial charge in [0.05, 0.1) is 5.56 Å². The molecule has 1 aromatic heterocycles. The number of fused-ring (bicyclic) bond motifs is 1. The van der Waals surface area contributed by atoms with E-state index in [-0.39, 0.29) is 85.2 Å². The molecule has 6 heteroatoms. The van der Waals surface area contributed by atoms with Crippen molar-refractivity contribution in [3.63, 3.8) is 0 Å². The van der Waals surface area contributed by atoms with E-state index in [9.17, 15) is 20.1 Å². The molecule has 1 heterocycles. The third-order valence-corrected chi connectivity index (χ3v) is 3.02. The summed E-state index contributed by atoms with van der Waals surface area (Å²) < 4.78 is 5.29. The molecule has 3 rings (SSSR count). The van der Waals surface area contributed by atoms with Crippen molar-refractivity contribution in [2.45, 2.75) is 0 Å². The fourth-order valence-electron chi connectivity index (χ4n) is 2.06. The van der Waals surface area contributed by atoms with Crippen LogP contribution in [-0.4, -0.2) is 15.3 Å². The van der Waals surface area contributed by atoms with E-state index in [4.69, 9.17) is 4.42 Å². The number of phenols is 3. The number of hydrogen-bond donors (Lipinski definition) is 3. The van der Waals surface area contributed by atoms with Gasteiger partial charge in [0.25, 0.3) is 0 Å². The number of rotatable bonds is 1. The molecule has 0 amide bonds. The zero-order chi connectivity index (χ0) is 14.3. The normalized spacial score (nSPS) is 10.3. The number of benzene rings is 2. The monoisotopic (exact) mass is 309 g/mol. The minimum absolute atomic E-state index is 0. The Hall–Kier alpha value is -1.31. The van der Waals surface area contributed by atoms with Crippen molar-refractivity contribution >= 4 is 11.0 Å². The maximum Gasteiger partial charge on any atom is 1.00 e. The van der Waals surface area contributed by atoms with Gasteiger partial charge in [-0.3, -0.25) is 4.79 Å². The average Bonchev–Trinajstić information content (AvgIpc) is 2.39. The molecular weight excluding hydrogens is 299 g/mol. The molecule has 0 aliphatic heterocycles. The first-order valence-electron chi connectivity index (χ1n) is 5.83. The molecule has 2 aromatic carbocycles. The molecule has 0 aliphatic rings. The predicted molar refractivity (Wildman–Crippen MR) is 72.9 cm³/mol. The van der Waals surface area contributed by atoms with Crippen molar-refractivity contribution in [2.75, 3.05) is 0 Å². The summed E-state index contributed by atoms with van der Waals surface area (Å²) in [5, 5.41) is 28.4. The largest absolute Gasteiger partial charge is 1.00 e. The Bertz CT molecular complexity index is 852. The smallest absolute Gasteiger partial charge is 0.508 e. The second-order valence-electron chi connectivity index (χ2n) is 4.36. The number of hydrogen-bond acceptors (Lipinski definition) is 5. The van der Waals surface area contributed by atoms with Crippen LogP contribution in [0.25, 0.3) is 22.1 Å². The summed E-state index contributed by atoms with van der Waals surface area (Å²) in [6.45, 7) is 0. The molecule has 0 spiro atoms. The van der Waals surface area contributed by atoms with Crippen LogP contribution in [0.3, 0.4) is 0 Å². The summed E-state index contributed by atoms with van der Waals surface area (Å²) in [4.78, 5) is 12.4. The van der Waals surface area contributed by atoms with Crippen molar-refractivity contribution in [3.8, 4) is 28.4 Å². The third kappa shape index (κ3) is 2.99. The van der Waals surface area contributed by atoms with Gasteiger partial charge in [-0.25, -0.2) is 0 Å². The van der Waals surface area contributed by atoms with E-state index in [0.29, 0.717) is 5.56 Å². The summed E-state index contributed by atoms with van der Waals surface area (Å²) in [5.41, 5.74) is 0.522. The molecule has 0 saturated carbocycles. The van der Waals surface area contributed by atoms with E-state index in [1.807, 2.05) is 0 Å².